The lowest BCUT2D eigenvalue weighted by Gasteiger charge is -2.46. The van der Waals surface area contributed by atoms with Crippen LogP contribution in [0, 0.1) is 16.7 Å². The molecule has 0 aromatic carbocycles. The Morgan fingerprint density at radius 2 is 2.35 bits per heavy atom. The van der Waals surface area contributed by atoms with Crippen molar-refractivity contribution in [3.63, 3.8) is 0 Å². The molecule has 1 unspecified atom stereocenters. The number of alkyl halides is 1. The summed E-state index contributed by atoms with van der Waals surface area (Å²) in [5, 5.41) is 17.6. The first kappa shape index (κ1) is 18.0. The summed E-state index contributed by atoms with van der Waals surface area (Å²) in [6.07, 6.45) is 7.72. The van der Waals surface area contributed by atoms with Gasteiger partial charge in [-0.2, -0.15) is 0 Å². The standard InChI is InChI=1S/C17H30FN5/c1-3-5-15(18)14(10-19)17(7-4-8-17)12-22-16-21-9-6-13(23-16)11-20-2/h9-10,13-15,19-20H,3-8,11-12H2,1-2H3,(H,22,23)/p+1/t13-,14?,15-/m1/s1. The Labute approximate surface area is 138 Å². The molecule has 3 atom stereocenters. The van der Waals surface area contributed by atoms with Crippen molar-refractivity contribution in [3.8, 4) is 0 Å². The summed E-state index contributed by atoms with van der Waals surface area (Å²) >= 11 is 0. The van der Waals surface area contributed by atoms with E-state index in [0.717, 1.165) is 44.6 Å². The summed E-state index contributed by atoms with van der Waals surface area (Å²) in [5.41, 5.74) is -0.128. The van der Waals surface area contributed by atoms with Crippen molar-refractivity contribution in [1.29, 1.82) is 5.41 Å². The van der Waals surface area contributed by atoms with Crippen molar-refractivity contribution in [2.24, 2.45) is 11.3 Å². The third-order valence-corrected chi connectivity index (χ3v) is 5.20. The smallest absolute Gasteiger partial charge is 0.316 e. The summed E-state index contributed by atoms with van der Waals surface area (Å²) < 4.78 is 18.9. The zero-order chi connectivity index (χ0) is 16.7. The number of likely N-dealkylation sites (N-methyl/N-ethyl adjacent to an activating group) is 1. The highest BCUT2D eigenvalue weighted by Gasteiger charge is 2.47. The zero-order valence-corrected chi connectivity index (χ0v) is 14.4. The van der Waals surface area contributed by atoms with E-state index >= 15 is 0 Å². The van der Waals surface area contributed by atoms with Crippen LogP contribution in [-0.2, 0) is 0 Å². The van der Waals surface area contributed by atoms with Crippen LogP contribution < -0.4 is 20.6 Å². The first-order chi connectivity index (χ1) is 11.1. The van der Waals surface area contributed by atoms with Crippen LogP contribution in [0.5, 0.6) is 0 Å². The van der Waals surface area contributed by atoms with Crippen molar-refractivity contribution >= 4 is 18.4 Å². The molecule has 23 heavy (non-hydrogen) atoms. The molecule has 1 aliphatic carbocycles. The van der Waals surface area contributed by atoms with Crippen molar-refractivity contribution in [2.45, 2.75) is 57.7 Å². The lowest BCUT2D eigenvalue weighted by Crippen LogP contribution is -2.56. The number of nitrogens with one attached hydrogen (secondary N) is 4. The maximum atomic E-state index is 14.5. The molecule has 1 aliphatic heterocycles. The predicted octanol–water partition coefficient (Wildman–Crippen LogP) is 1.23. The van der Waals surface area contributed by atoms with Gasteiger partial charge in [-0.15, -0.1) is 0 Å². The monoisotopic (exact) mass is 324 g/mol. The maximum Gasteiger partial charge on any atom is 0.438 e. The van der Waals surface area contributed by atoms with Crippen LogP contribution in [0.2, 0.25) is 0 Å². The van der Waals surface area contributed by atoms with Crippen molar-refractivity contribution in [3.05, 3.63) is 0 Å². The second kappa shape index (κ2) is 8.46. The van der Waals surface area contributed by atoms with E-state index in [-0.39, 0.29) is 11.3 Å². The van der Waals surface area contributed by atoms with E-state index in [4.69, 9.17) is 5.41 Å². The minimum absolute atomic E-state index is 0.128. The van der Waals surface area contributed by atoms with Gasteiger partial charge in [0.2, 0.25) is 0 Å². The molecule has 4 N–H and O–H groups in total. The lowest BCUT2D eigenvalue weighted by molar-refractivity contribution is 0.0410. The summed E-state index contributed by atoms with van der Waals surface area (Å²) in [4.78, 5) is 0. The SMILES string of the molecule is CCC[C@@H](F)C(C=N)C1(CNC2=[N+]=CC[C@H](CNC)N2)CCC1. The quantitative estimate of drug-likeness (QED) is 0.381. The first-order valence-electron chi connectivity index (χ1n) is 8.84. The molecule has 0 radical (unpaired) electrons. The average Bonchev–Trinajstić information content (AvgIpc) is 2.50. The molecule has 0 amide bonds. The molecule has 130 valence electrons. The minimum Gasteiger partial charge on any atom is -0.316 e. The van der Waals surface area contributed by atoms with Gasteiger partial charge >= 0.3 is 5.96 Å². The molecule has 2 rings (SSSR count). The van der Waals surface area contributed by atoms with Gasteiger partial charge in [-0.1, -0.05) is 19.8 Å². The first-order valence-corrected chi connectivity index (χ1v) is 8.84. The van der Waals surface area contributed by atoms with Crippen LogP contribution in [0.25, 0.3) is 0 Å². The van der Waals surface area contributed by atoms with Crippen molar-refractivity contribution < 1.29 is 4.39 Å². The van der Waals surface area contributed by atoms with Crippen LogP contribution in [0.15, 0.2) is 0 Å². The second-order valence-electron chi connectivity index (χ2n) is 6.86. The normalized spacial score (nSPS) is 24.8. The largest absolute Gasteiger partial charge is 0.438 e. The molecule has 0 aromatic rings. The summed E-state index contributed by atoms with van der Waals surface area (Å²) in [6, 6.07) is 0.338. The Bertz CT molecular complexity index is 454. The molecule has 6 heteroatoms. The Morgan fingerprint density at radius 1 is 1.57 bits per heavy atom. The van der Waals surface area contributed by atoms with E-state index in [1.54, 1.807) is 0 Å². The Balaban J connectivity index is 1.96. The molecule has 0 saturated heterocycles. The predicted molar refractivity (Wildman–Crippen MR) is 95.0 cm³/mol. The van der Waals surface area contributed by atoms with E-state index in [0.29, 0.717) is 19.0 Å². The van der Waals surface area contributed by atoms with E-state index < -0.39 is 6.17 Å². The highest BCUT2D eigenvalue weighted by molar-refractivity contribution is 5.84. The van der Waals surface area contributed by atoms with Crippen LogP contribution in [0.4, 0.5) is 4.39 Å². The second-order valence-corrected chi connectivity index (χ2v) is 6.86. The number of rotatable bonds is 9. The highest BCUT2D eigenvalue weighted by atomic mass is 19.1. The molecule has 1 saturated carbocycles. The molecule has 2 aliphatic rings. The summed E-state index contributed by atoms with van der Waals surface area (Å²) in [6.45, 7) is 3.56. The number of halogens is 1. The molecular formula is C17H31FN5+. The van der Waals surface area contributed by atoms with Crippen LogP contribution in [0.3, 0.4) is 0 Å². The van der Waals surface area contributed by atoms with Gasteiger partial charge in [-0.05, 0) is 26.3 Å². The van der Waals surface area contributed by atoms with Crippen LogP contribution in [-0.4, -0.2) is 50.7 Å². The van der Waals surface area contributed by atoms with Gasteiger partial charge in [0.25, 0.3) is 0 Å². The Morgan fingerprint density at radius 3 is 2.91 bits per heavy atom. The third kappa shape index (κ3) is 4.33. The molecular weight excluding hydrogens is 293 g/mol. The van der Waals surface area contributed by atoms with Gasteiger partial charge in [-0.3, -0.25) is 10.6 Å². The van der Waals surface area contributed by atoms with Gasteiger partial charge < -0.3 is 10.7 Å². The average molecular weight is 324 g/mol. The number of hydrogen-bond donors (Lipinski definition) is 4. The molecule has 1 fully saturated rings. The molecule has 0 bridgehead atoms. The van der Waals surface area contributed by atoms with Crippen LogP contribution in [0.1, 0.15) is 45.4 Å². The van der Waals surface area contributed by atoms with Gasteiger partial charge in [-0.25, -0.2) is 9.06 Å². The van der Waals surface area contributed by atoms with E-state index in [9.17, 15) is 4.39 Å². The molecule has 0 aromatic heterocycles. The number of nitrogens with zero attached hydrogens (tertiary/aromatic N) is 1. The fourth-order valence-electron chi connectivity index (χ4n) is 3.68. The fraction of sp³-hybridized carbons (Fsp3) is 0.824. The van der Waals surface area contributed by atoms with Gasteiger partial charge in [0, 0.05) is 30.5 Å². The van der Waals surface area contributed by atoms with E-state index in [2.05, 4.69) is 20.6 Å². The highest BCUT2D eigenvalue weighted by Crippen LogP contribution is 2.48. The van der Waals surface area contributed by atoms with Crippen molar-refractivity contribution in [1.82, 2.24) is 20.6 Å². The summed E-state index contributed by atoms with van der Waals surface area (Å²) in [5.74, 6) is 0.488. The van der Waals surface area contributed by atoms with Gasteiger partial charge in [0.15, 0.2) is 0 Å². The van der Waals surface area contributed by atoms with E-state index in [1.807, 2.05) is 20.2 Å². The molecule has 5 nitrogen and oxygen atoms in total. The molecule has 1 heterocycles. The topological polar surface area (TPSA) is 74.0 Å². The Hall–Kier alpha value is -1.39. The third-order valence-electron chi connectivity index (χ3n) is 5.20. The minimum atomic E-state index is -0.913. The number of guanidine groups is 1. The van der Waals surface area contributed by atoms with Gasteiger partial charge in [0.1, 0.15) is 12.4 Å². The lowest BCUT2D eigenvalue weighted by atomic mass is 9.59. The van der Waals surface area contributed by atoms with Gasteiger partial charge in [0.05, 0.1) is 12.6 Å². The Kier molecular flexibility index (Phi) is 6.60. The maximum absolute atomic E-state index is 14.5. The zero-order valence-electron chi connectivity index (χ0n) is 14.4. The molecule has 0 spiro atoms. The van der Waals surface area contributed by atoms with E-state index in [1.165, 1.54) is 6.21 Å². The van der Waals surface area contributed by atoms with Crippen LogP contribution >= 0.6 is 0 Å². The summed E-state index contributed by atoms with van der Waals surface area (Å²) in [7, 11) is 1.94. The number of hydrogen-bond acceptors (Lipinski definition) is 4. The fourth-order valence-corrected chi connectivity index (χ4v) is 3.68. The van der Waals surface area contributed by atoms with Crippen molar-refractivity contribution in [2.75, 3.05) is 20.1 Å².